The maximum Gasteiger partial charge on any atom is 0.293 e. The first kappa shape index (κ1) is 18.3. The van der Waals surface area contributed by atoms with Gasteiger partial charge in [-0.1, -0.05) is 0 Å². The lowest BCUT2D eigenvalue weighted by Crippen LogP contribution is -2.42. The molecule has 2 heterocycles. The van der Waals surface area contributed by atoms with Crippen molar-refractivity contribution in [3.8, 4) is 0 Å². The fraction of sp³-hybridized carbons (Fsp3) is 0.474. The van der Waals surface area contributed by atoms with E-state index in [1.807, 2.05) is 19.4 Å². The SMILES string of the molecule is Cn1cc(N2CCCC(Nc3ccc(C(=O)NC4CC4)cc3[N+](=O)[O-])C2)cn1. The van der Waals surface area contributed by atoms with Crippen molar-refractivity contribution in [2.24, 2.45) is 7.05 Å². The molecule has 9 heteroatoms. The Morgan fingerprint density at radius 2 is 2.11 bits per heavy atom. The van der Waals surface area contributed by atoms with E-state index in [0.717, 1.165) is 44.5 Å². The van der Waals surface area contributed by atoms with Crippen molar-refractivity contribution in [1.29, 1.82) is 0 Å². The van der Waals surface area contributed by atoms with E-state index in [0.29, 0.717) is 11.3 Å². The minimum atomic E-state index is -0.433. The third-order valence-electron chi connectivity index (χ3n) is 5.21. The number of piperidine rings is 1. The second-order valence-corrected chi connectivity index (χ2v) is 7.54. The number of amides is 1. The molecule has 2 aromatic rings. The Labute approximate surface area is 162 Å². The zero-order valence-electron chi connectivity index (χ0n) is 15.8. The van der Waals surface area contributed by atoms with Gasteiger partial charge in [-0.3, -0.25) is 19.6 Å². The smallest absolute Gasteiger partial charge is 0.293 e. The van der Waals surface area contributed by atoms with Crippen LogP contribution in [-0.2, 0) is 7.05 Å². The van der Waals surface area contributed by atoms with Crippen LogP contribution in [0, 0.1) is 10.1 Å². The van der Waals surface area contributed by atoms with E-state index < -0.39 is 4.92 Å². The molecule has 2 N–H and O–H groups in total. The molecule has 1 unspecified atom stereocenters. The number of carbonyl (C=O) groups is 1. The van der Waals surface area contributed by atoms with E-state index >= 15 is 0 Å². The van der Waals surface area contributed by atoms with Crippen molar-refractivity contribution in [2.75, 3.05) is 23.3 Å². The summed E-state index contributed by atoms with van der Waals surface area (Å²) < 4.78 is 1.77. The Morgan fingerprint density at radius 1 is 1.29 bits per heavy atom. The Kier molecular flexibility index (Phi) is 4.89. The van der Waals surface area contributed by atoms with E-state index in [1.54, 1.807) is 16.8 Å². The van der Waals surface area contributed by atoms with E-state index in [4.69, 9.17) is 0 Å². The molecular formula is C19H24N6O3. The molecule has 0 spiro atoms. The van der Waals surface area contributed by atoms with Crippen molar-refractivity contribution in [2.45, 2.75) is 37.8 Å². The first-order valence-electron chi connectivity index (χ1n) is 9.59. The number of nitrogens with one attached hydrogen (secondary N) is 2. The number of rotatable bonds is 6. The predicted molar refractivity (Wildman–Crippen MR) is 106 cm³/mol. The third-order valence-corrected chi connectivity index (χ3v) is 5.21. The molecule has 148 valence electrons. The summed E-state index contributed by atoms with van der Waals surface area (Å²) in [6, 6.07) is 4.95. The molecule has 1 aliphatic heterocycles. The molecule has 1 saturated heterocycles. The third kappa shape index (κ3) is 4.08. The van der Waals surface area contributed by atoms with Gasteiger partial charge in [-0.15, -0.1) is 0 Å². The summed E-state index contributed by atoms with van der Waals surface area (Å²) in [5.41, 5.74) is 1.76. The summed E-state index contributed by atoms with van der Waals surface area (Å²) in [6.45, 7) is 1.68. The average molecular weight is 384 g/mol. The van der Waals surface area contributed by atoms with Gasteiger partial charge in [0.15, 0.2) is 0 Å². The van der Waals surface area contributed by atoms with Gasteiger partial charge in [0.25, 0.3) is 11.6 Å². The monoisotopic (exact) mass is 384 g/mol. The lowest BCUT2D eigenvalue weighted by molar-refractivity contribution is -0.384. The van der Waals surface area contributed by atoms with Crippen LogP contribution in [0.4, 0.5) is 17.1 Å². The fourth-order valence-electron chi connectivity index (χ4n) is 3.56. The molecule has 4 rings (SSSR count). The Morgan fingerprint density at radius 3 is 2.79 bits per heavy atom. The minimum absolute atomic E-state index is 0.0676. The quantitative estimate of drug-likeness (QED) is 0.585. The minimum Gasteiger partial charge on any atom is -0.375 e. The van der Waals surface area contributed by atoms with Crippen molar-refractivity contribution in [3.05, 3.63) is 46.3 Å². The molecule has 1 aromatic carbocycles. The number of hydrogen-bond acceptors (Lipinski definition) is 6. The first-order chi connectivity index (χ1) is 13.5. The summed E-state index contributed by atoms with van der Waals surface area (Å²) >= 11 is 0. The maximum absolute atomic E-state index is 12.2. The van der Waals surface area contributed by atoms with E-state index in [2.05, 4.69) is 20.6 Å². The highest BCUT2D eigenvalue weighted by Gasteiger charge is 2.27. The van der Waals surface area contributed by atoms with Crippen molar-refractivity contribution < 1.29 is 9.72 Å². The first-order valence-corrected chi connectivity index (χ1v) is 9.59. The van der Waals surface area contributed by atoms with Crippen LogP contribution in [0.25, 0.3) is 0 Å². The van der Waals surface area contributed by atoms with Gasteiger partial charge >= 0.3 is 0 Å². The number of anilines is 2. The average Bonchev–Trinajstić information content (AvgIpc) is 3.39. The van der Waals surface area contributed by atoms with E-state index in [1.165, 1.54) is 6.07 Å². The summed E-state index contributed by atoms with van der Waals surface area (Å²) in [4.78, 5) is 25.6. The molecule has 2 fully saturated rings. The lowest BCUT2D eigenvalue weighted by atomic mass is 10.0. The van der Waals surface area contributed by atoms with Crippen LogP contribution in [0.1, 0.15) is 36.0 Å². The molecule has 1 saturated carbocycles. The molecule has 1 amide bonds. The number of carbonyl (C=O) groups excluding carboxylic acids is 1. The molecule has 1 atom stereocenters. The van der Waals surface area contributed by atoms with Crippen LogP contribution in [-0.4, -0.2) is 45.8 Å². The van der Waals surface area contributed by atoms with Gasteiger partial charge in [-0.25, -0.2) is 0 Å². The van der Waals surface area contributed by atoms with Gasteiger partial charge in [-0.05, 0) is 37.8 Å². The standard InChI is InChI=1S/C19H24N6O3/c1-23-12-16(10-20-23)24-8-2-3-15(11-24)21-17-7-4-13(9-18(17)25(27)28)19(26)22-14-5-6-14/h4,7,9-10,12,14-15,21H,2-3,5-6,8,11H2,1H3,(H,22,26). The van der Waals surface area contributed by atoms with E-state index in [9.17, 15) is 14.9 Å². The number of aromatic nitrogens is 2. The largest absolute Gasteiger partial charge is 0.375 e. The second-order valence-electron chi connectivity index (χ2n) is 7.54. The van der Waals surface area contributed by atoms with Gasteiger partial charge in [-0.2, -0.15) is 5.10 Å². The van der Waals surface area contributed by atoms with Crippen LogP contribution < -0.4 is 15.5 Å². The summed E-state index contributed by atoms with van der Waals surface area (Å²) in [5, 5.41) is 22.0. The highest BCUT2D eigenvalue weighted by Crippen LogP contribution is 2.29. The zero-order chi connectivity index (χ0) is 19.7. The summed E-state index contributed by atoms with van der Waals surface area (Å²) in [6.07, 6.45) is 7.67. The Bertz CT molecular complexity index is 892. The number of benzene rings is 1. The number of aryl methyl sites for hydroxylation is 1. The van der Waals surface area contributed by atoms with Crippen LogP contribution in [0.15, 0.2) is 30.6 Å². The second kappa shape index (κ2) is 7.49. The Hall–Kier alpha value is -3.10. The molecule has 0 radical (unpaired) electrons. The van der Waals surface area contributed by atoms with Crippen LogP contribution in [0.2, 0.25) is 0 Å². The highest BCUT2D eigenvalue weighted by molar-refractivity contribution is 5.96. The molecule has 28 heavy (non-hydrogen) atoms. The molecule has 9 nitrogen and oxygen atoms in total. The van der Waals surface area contributed by atoms with Crippen LogP contribution in [0.3, 0.4) is 0 Å². The fourth-order valence-corrected chi connectivity index (χ4v) is 3.56. The van der Waals surface area contributed by atoms with Crippen molar-refractivity contribution >= 4 is 23.0 Å². The summed E-state index contributed by atoms with van der Waals surface area (Å²) in [5.74, 6) is -0.252. The molecule has 1 aromatic heterocycles. The van der Waals surface area contributed by atoms with Crippen LogP contribution >= 0.6 is 0 Å². The molecular weight excluding hydrogens is 360 g/mol. The Balaban J connectivity index is 1.48. The molecule has 1 aliphatic carbocycles. The van der Waals surface area contributed by atoms with Gasteiger partial charge in [0.2, 0.25) is 0 Å². The van der Waals surface area contributed by atoms with Gasteiger partial charge in [0.05, 0.1) is 16.8 Å². The predicted octanol–water partition coefficient (Wildman–Crippen LogP) is 2.30. The number of nitro groups is 1. The van der Waals surface area contributed by atoms with Gasteiger partial charge < -0.3 is 15.5 Å². The van der Waals surface area contributed by atoms with Crippen LogP contribution in [0.5, 0.6) is 0 Å². The number of hydrogen-bond donors (Lipinski definition) is 2. The van der Waals surface area contributed by atoms with Crippen molar-refractivity contribution in [1.82, 2.24) is 15.1 Å². The maximum atomic E-state index is 12.2. The zero-order valence-corrected chi connectivity index (χ0v) is 15.8. The number of nitro benzene ring substituents is 1. The van der Waals surface area contributed by atoms with Gasteiger partial charge in [0, 0.05) is 50.0 Å². The normalized spacial score (nSPS) is 19.3. The van der Waals surface area contributed by atoms with Gasteiger partial charge in [0.1, 0.15) is 5.69 Å². The highest BCUT2D eigenvalue weighted by atomic mass is 16.6. The number of nitrogens with zero attached hydrogens (tertiary/aromatic N) is 4. The topological polar surface area (TPSA) is 105 Å². The van der Waals surface area contributed by atoms with E-state index in [-0.39, 0.29) is 23.7 Å². The molecule has 2 aliphatic rings. The van der Waals surface area contributed by atoms with Crippen molar-refractivity contribution in [3.63, 3.8) is 0 Å². The molecule has 0 bridgehead atoms. The lowest BCUT2D eigenvalue weighted by Gasteiger charge is -2.34. The summed E-state index contributed by atoms with van der Waals surface area (Å²) in [7, 11) is 1.88.